The summed E-state index contributed by atoms with van der Waals surface area (Å²) in [6.45, 7) is 2.56. The minimum Gasteiger partial charge on any atom is -0.484 e. The Morgan fingerprint density at radius 2 is 1.84 bits per heavy atom. The maximum atomic E-state index is 13.2. The van der Waals surface area contributed by atoms with Crippen LogP contribution in [0.25, 0.3) is 0 Å². The van der Waals surface area contributed by atoms with Gasteiger partial charge in [0.1, 0.15) is 18.2 Å². The van der Waals surface area contributed by atoms with Gasteiger partial charge in [0.2, 0.25) is 5.91 Å². The minimum atomic E-state index is -0.451. The summed E-state index contributed by atoms with van der Waals surface area (Å²) in [4.78, 5) is 12.3. The molecule has 0 saturated carbocycles. The van der Waals surface area contributed by atoms with Gasteiger partial charge in [-0.25, -0.2) is 4.39 Å². The van der Waals surface area contributed by atoms with E-state index < -0.39 is 5.82 Å². The zero-order valence-electron chi connectivity index (χ0n) is 16.0. The molecule has 3 rings (SSSR count). The zero-order chi connectivity index (χ0) is 22.5. The quantitative estimate of drug-likeness (QED) is 0.275. The van der Waals surface area contributed by atoms with Gasteiger partial charge in [0.15, 0.2) is 11.0 Å². The van der Waals surface area contributed by atoms with Gasteiger partial charge in [0.25, 0.3) is 0 Å². The summed E-state index contributed by atoms with van der Waals surface area (Å²) < 4.78 is 20.6. The van der Waals surface area contributed by atoms with Crippen LogP contribution >= 0.6 is 58.2 Å². The van der Waals surface area contributed by atoms with Crippen molar-refractivity contribution in [3.05, 3.63) is 62.1 Å². The van der Waals surface area contributed by atoms with Crippen LogP contribution in [0.1, 0.15) is 12.7 Å². The number of amides is 1. The SMILES string of the molecule is CCn1c(COc2ccc(F)cc2Cl)nnc1SCC(=O)Nc1cc(Cl)c(Cl)cc1Cl. The average molecular weight is 524 g/mol. The van der Waals surface area contributed by atoms with Crippen LogP contribution in [-0.4, -0.2) is 26.4 Å². The Morgan fingerprint density at radius 1 is 1.10 bits per heavy atom. The molecule has 0 aliphatic heterocycles. The maximum Gasteiger partial charge on any atom is 0.234 e. The third kappa shape index (κ3) is 6.17. The van der Waals surface area contributed by atoms with Crippen molar-refractivity contribution < 1.29 is 13.9 Å². The molecule has 1 amide bonds. The summed E-state index contributed by atoms with van der Waals surface area (Å²) in [5.41, 5.74) is 0.365. The molecule has 12 heteroatoms. The number of aromatic nitrogens is 3. The van der Waals surface area contributed by atoms with E-state index in [0.717, 1.165) is 0 Å². The number of thioether (sulfide) groups is 1. The van der Waals surface area contributed by atoms with E-state index in [1.807, 2.05) is 11.5 Å². The van der Waals surface area contributed by atoms with E-state index in [1.54, 1.807) is 0 Å². The van der Waals surface area contributed by atoms with Gasteiger partial charge in [-0.05, 0) is 37.3 Å². The van der Waals surface area contributed by atoms with E-state index in [1.165, 1.54) is 42.1 Å². The van der Waals surface area contributed by atoms with Crippen molar-refractivity contribution in [3.8, 4) is 5.75 Å². The zero-order valence-corrected chi connectivity index (χ0v) is 19.8. The van der Waals surface area contributed by atoms with Crippen molar-refractivity contribution in [3.63, 3.8) is 0 Å². The molecule has 0 fully saturated rings. The van der Waals surface area contributed by atoms with E-state index in [4.69, 9.17) is 51.1 Å². The fraction of sp³-hybridized carbons (Fsp3) is 0.211. The number of rotatable bonds is 8. The Morgan fingerprint density at radius 3 is 2.55 bits per heavy atom. The molecule has 0 atom stereocenters. The van der Waals surface area contributed by atoms with Gasteiger partial charge in [-0.15, -0.1) is 10.2 Å². The number of nitrogens with zero attached hydrogens (tertiary/aromatic N) is 3. The van der Waals surface area contributed by atoms with Gasteiger partial charge in [0.05, 0.1) is 31.5 Å². The van der Waals surface area contributed by atoms with Crippen molar-refractivity contribution >= 4 is 69.8 Å². The maximum absolute atomic E-state index is 13.2. The Labute approximate surface area is 202 Å². The highest BCUT2D eigenvalue weighted by Crippen LogP contribution is 2.32. The highest BCUT2D eigenvalue weighted by Gasteiger charge is 2.15. The molecule has 6 nitrogen and oxygen atoms in total. The highest BCUT2D eigenvalue weighted by molar-refractivity contribution is 7.99. The number of hydrogen-bond donors (Lipinski definition) is 1. The number of ether oxygens (including phenoxy) is 1. The van der Waals surface area contributed by atoms with Crippen LogP contribution in [0.5, 0.6) is 5.75 Å². The second-order valence-electron chi connectivity index (χ2n) is 6.09. The van der Waals surface area contributed by atoms with E-state index in [0.29, 0.717) is 34.0 Å². The molecule has 0 saturated heterocycles. The molecular weight excluding hydrogens is 509 g/mol. The summed E-state index contributed by atoms with van der Waals surface area (Å²) in [5, 5.41) is 12.5. The Bertz CT molecular complexity index is 1110. The molecule has 0 bridgehead atoms. The van der Waals surface area contributed by atoms with E-state index in [-0.39, 0.29) is 33.3 Å². The van der Waals surface area contributed by atoms with E-state index in [2.05, 4.69) is 15.5 Å². The fourth-order valence-corrected chi connectivity index (χ4v) is 4.16. The van der Waals surface area contributed by atoms with Crippen molar-refractivity contribution in [1.29, 1.82) is 0 Å². The van der Waals surface area contributed by atoms with Crippen LogP contribution in [0.4, 0.5) is 10.1 Å². The second kappa shape index (κ2) is 10.7. The molecular formula is C19H15Cl4FN4O2S. The van der Waals surface area contributed by atoms with Crippen LogP contribution < -0.4 is 10.1 Å². The fourth-order valence-electron chi connectivity index (χ4n) is 2.52. The van der Waals surface area contributed by atoms with Crippen molar-refractivity contribution in [2.24, 2.45) is 0 Å². The standard InChI is InChI=1S/C19H15Cl4FN4O2S/c1-2-28-17(8-30-16-4-3-10(24)5-14(16)23)26-27-19(28)31-9-18(29)25-15-7-12(21)11(20)6-13(15)22/h3-7H,2,8-9H2,1H3,(H,25,29). The number of halogens is 5. The molecule has 164 valence electrons. The molecule has 0 unspecified atom stereocenters. The lowest BCUT2D eigenvalue weighted by Crippen LogP contribution is -2.15. The van der Waals surface area contributed by atoms with Crippen LogP contribution in [-0.2, 0) is 17.9 Å². The van der Waals surface area contributed by atoms with Crippen molar-refractivity contribution in [2.75, 3.05) is 11.1 Å². The first-order valence-electron chi connectivity index (χ1n) is 8.85. The first-order chi connectivity index (χ1) is 14.8. The highest BCUT2D eigenvalue weighted by atomic mass is 35.5. The lowest BCUT2D eigenvalue weighted by Gasteiger charge is -2.10. The third-order valence-corrected chi connectivity index (χ3v) is 6.27. The Kier molecular flexibility index (Phi) is 8.30. The number of nitrogens with one attached hydrogen (secondary N) is 1. The van der Waals surface area contributed by atoms with Gasteiger partial charge in [0, 0.05) is 6.54 Å². The monoisotopic (exact) mass is 522 g/mol. The average Bonchev–Trinajstić information content (AvgIpc) is 3.11. The predicted octanol–water partition coefficient (Wildman–Crippen LogP) is 6.36. The van der Waals surface area contributed by atoms with Crippen molar-refractivity contribution in [2.45, 2.75) is 25.2 Å². The molecule has 1 aromatic heterocycles. The van der Waals surface area contributed by atoms with Gasteiger partial charge in [-0.3, -0.25) is 4.79 Å². The largest absolute Gasteiger partial charge is 0.484 e. The minimum absolute atomic E-state index is 0.0688. The smallest absolute Gasteiger partial charge is 0.234 e. The molecule has 31 heavy (non-hydrogen) atoms. The first kappa shape index (κ1) is 23.9. The molecule has 2 aromatic carbocycles. The summed E-state index contributed by atoms with van der Waals surface area (Å²) in [7, 11) is 0. The third-order valence-electron chi connectivity index (χ3n) is 3.98. The first-order valence-corrected chi connectivity index (χ1v) is 11.3. The van der Waals surface area contributed by atoms with Gasteiger partial charge >= 0.3 is 0 Å². The lowest BCUT2D eigenvalue weighted by atomic mass is 10.3. The normalized spacial score (nSPS) is 10.9. The lowest BCUT2D eigenvalue weighted by molar-refractivity contribution is -0.113. The van der Waals surface area contributed by atoms with Gasteiger partial charge in [-0.2, -0.15) is 0 Å². The summed E-state index contributed by atoms with van der Waals surface area (Å²) in [6, 6.07) is 6.81. The molecule has 0 aliphatic rings. The molecule has 3 aromatic rings. The van der Waals surface area contributed by atoms with Crippen LogP contribution in [0.2, 0.25) is 20.1 Å². The molecule has 1 N–H and O–H groups in total. The van der Waals surface area contributed by atoms with E-state index >= 15 is 0 Å². The topological polar surface area (TPSA) is 69.0 Å². The van der Waals surface area contributed by atoms with Crippen LogP contribution in [0.15, 0.2) is 35.5 Å². The number of carbonyl (C=O) groups excluding carboxylic acids is 1. The number of hydrogen-bond acceptors (Lipinski definition) is 5. The summed E-state index contributed by atoms with van der Waals surface area (Å²) in [6.07, 6.45) is 0. The molecule has 1 heterocycles. The van der Waals surface area contributed by atoms with Crippen LogP contribution in [0.3, 0.4) is 0 Å². The molecule has 0 aliphatic carbocycles. The molecule has 0 radical (unpaired) electrons. The van der Waals surface area contributed by atoms with Crippen molar-refractivity contribution in [1.82, 2.24) is 14.8 Å². The second-order valence-corrected chi connectivity index (χ2v) is 8.66. The Balaban J connectivity index is 1.61. The Hall–Kier alpha value is -1.71. The number of anilines is 1. The number of carbonyl (C=O) groups is 1. The summed E-state index contributed by atoms with van der Waals surface area (Å²) in [5.74, 6) is 0.193. The number of benzene rings is 2. The molecule has 0 spiro atoms. The van der Waals surface area contributed by atoms with Gasteiger partial charge < -0.3 is 14.6 Å². The van der Waals surface area contributed by atoms with E-state index in [9.17, 15) is 9.18 Å². The predicted molar refractivity (Wildman–Crippen MR) is 122 cm³/mol. The van der Waals surface area contributed by atoms with Crippen LogP contribution in [0, 0.1) is 5.82 Å². The van der Waals surface area contributed by atoms with Gasteiger partial charge in [-0.1, -0.05) is 58.2 Å². The summed E-state index contributed by atoms with van der Waals surface area (Å²) >= 11 is 25.1.